The van der Waals surface area contributed by atoms with E-state index in [2.05, 4.69) is 19.8 Å². The Labute approximate surface area is 170 Å². The van der Waals surface area contributed by atoms with Gasteiger partial charge in [0.05, 0.1) is 23.8 Å². The van der Waals surface area contributed by atoms with Gasteiger partial charge in [0.25, 0.3) is 10.0 Å². The van der Waals surface area contributed by atoms with E-state index in [-0.39, 0.29) is 4.90 Å². The van der Waals surface area contributed by atoms with Crippen molar-refractivity contribution in [3.05, 3.63) is 66.2 Å². The minimum atomic E-state index is -3.66. The number of rotatable bonds is 5. The summed E-state index contributed by atoms with van der Waals surface area (Å²) in [5.74, 6) is 0.813. The van der Waals surface area contributed by atoms with Gasteiger partial charge in [-0.15, -0.1) is 10.2 Å². The molecule has 2 aromatic carbocycles. The van der Waals surface area contributed by atoms with Crippen LogP contribution in [0.5, 0.6) is 0 Å². The van der Waals surface area contributed by atoms with Crippen molar-refractivity contribution in [1.29, 1.82) is 0 Å². The lowest BCUT2D eigenvalue weighted by Crippen LogP contribution is -2.36. The quantitative estimate of drug-likeness (QED) is 0.696. The molecule has 0 saturated carbocycles. The Hall–Kier alpha value is -2.97. The molecule has 1 N–H and O–H groups in total. The summed E-state index contributed by atoms with van der Waals surface area (Å²) in [7, 11) is -3.66. The average Bonchev–Trinajstić information content (AvgIpc) is 2.74. The molecule has 7 nitrogen and oxygen atoms in total. The molecule has 8 heteroatoms. The average molecular weight is 410 g/mol. The maximum atomic E-state index is 12.7. The van der Waals surface area contributed by atoms with Crippen LogP contribution in [-0.2, 0) is 14.8 Å². The van der Waals surface area contributed by atoms with Gasteiger partial charge in [-0.2, -0.15) is 0 Å². The van der Waals surface area contributed by atoms with Crippen LogP contribution in [-0.4, -0.2) is 44.9 Å². The largest absolute Gasteiger partial charge is 0.378 e. The number of morpholine rings is 1. The van der Waals surface area contributed by atoms with Gasteiger partial charge in [0.2, 0.25) is 0 Å². The molecule has 0 radical (unpaired) electrons. The summed E-state index contributed by atoms with van der Waals surface area (Å²) in [6.45, 7) is 4.83. The van der Waals surface area contributed by atoms with Crippen LogP contribution in [0.4, 0.5) is 11.5 Å². The summed E-state index contributed by atoms with van der Waals surface area (Å²) in [5, 5.41) is 8.64. The lowest BCUT2D eigenvalue weighted by atomic mass is 10.1. The molecule has 1 aliphatic heterocycles. The zero-order valence-corrected chi connectivity index (χ0v) is 16.9. The Bertz CT molecular complexity index is 1090. The number of hydrogen-bond acceptors (Lipinski definition) is 6. The van der Waals surface area contributed by atoms with Crippen molar-refractivity contribution in [2.24, 2.45) is 0 Å². The molecule has 1 saturated heterocycles. The van der Waals surface area contributed by atoms with Crippen molar-refractivity contribution in [3.8, 4) is 11.3 Å². The summed E-state index contributed by atoms with van der Waals surface area (Å²) in [4.78, 5) is 2.37. The molecular weight excluding hydrogens is 388 g/mol. The molecule has 0 amide bonds. The van der Waals surface area contributed by atoms with Gasteiger partial charge in [-0.1, -0.05) is 24.3 Å². The van der Waals surface area contributed by atoms with E-state index in [0.29, 0.717) is 24.6 Å². The number of benzene rings is 2. The number of ether oxygens (including phenoxy) is 1. The van der Waals surface area contributed by atoms with Gasteiger partial charge >= 0.3 is 0 Å². The summed E-state index contributed by atoms with van der Waals surface area (Å²) >= 11 is 0. The molecule has 0 unspecified atom stereocenters. The highest BCUT2D eigenvalue weighted by molar-refractivity contribution is 7.92. The second kappa shape index (κ2) is 8.18. The van der Waals surface area contributed by atoms with Crippen LogP contribution in [0.2, 0.25) is 0 Å². The number of nitrogens with one attached hydrogen (secondary N) is 1. The summed E-state index contributed by atoms with van der Waals surface area (Å²) in [5.41, 5.74) is 2.83. The molecule has 1 fully saturated rings. The fraction of sp³-hybridized carbons (Fsp3) is 0.238. The van der Waals surface area contributed by atoms with Crippen LogP contribution < -0.4 is 9.62 Å². The van der Waals surface area contributed by atoms with Crippen molar-refractivity contribution in [2.75, 3.05) is 35.9 Å². The maximum absolute atomic E-state index is 12.7. The van der Waals surface area contributed by atoms with Gasteiger partial charge in [0, 0.05) is 24.3 Å². The van der Waals surface area contributed by atoms with Crippen LogP contribution >= 0.6 is 0 Å². The van der Waals surface area contributed by atoms with E-state index in [4.69, 9.17) is 4.74 Å². The highest BCUT2D eigenvalue weighted by Crippen LogP contribution is 2.24. The molecular formula is C21H22N4O3S. The Balaban J connectivity index is 1.54. The number of aryl methyl sites for hydroxylation is 1. The van der Waals surface area contributed by atoms with Crippen molar-refractivity contribution in [3.63, 3.8) is 0 Å². The first kappa shape index (κ1) is 19.4. The standard InChI is InChI=1S/C21H22N4O3S/c1-16-4-2-7-19(14-16)29(26,27)24-18-6-3-5-17(15-18)20-8-9-21(23-22-20)25-10-12-28-13-11-25/h2-9,14-15,24H,10-13H2,1H3. The maximum Gasteiger partial charge on any atom is 0.261 e. The molecule has 0 bridgehead atoms. The van der Waals surface area contributed by atoms with E-state index in [1.807, 2.05) is 31.2 Å². The van der Waals surface area contributed by atoms with E-state index >= 15 is 0 Å². The minimum Gasteiger partial charge on any atom is -0.378 e. The molecule has 1 aromatic heterocycles. The number of hydrogen-bond donors (Lipinski definition) is 1. The van der Waals surface area contributed by atoms with E-state index in [9.17, 15) is 8.42 Å². The van der Waals surface area contributed by atoms with Crippen LogP contribution in [0.1, 0.15) is 5.56 Å². The second-order valence-electron chi connectivity index (χ2n) is 6.88. The SMILES string of the molecule is Cc1cccc(S(=O)(=O)Nc2cccc(-c3ccc(N4CCOCC4)nn3)c2)c1. The van der Waals surface area contributed by atoms with Gasteiger partial charge in [0.1, 0.15) is 0 Å². The van der Waals surface area contributed by atoms with Crippen molar-refractivity contribution in [2.45, 2.75) is 11.8 Å². The first-order valence-electron chi connectivity index (χ1n) is 9.38. The van der Waals surface area contributed by atoms with Gasteiger partial charge < -0.3 is 9.64 Å². The van der Waals surface area contributed by atoms with Crippen LogP contribution in [0, 0.1) is 6.92 Å². The Kier molecular flexibility index (Phi) is 5.46. The monoisotopic (exact) mass is 410 g/mol. The van der Waals surface area contributed by atoms with E-state index < -0.39 is 10.0 Å². The van der Waals surface area contributed by atoms with Crippen molar-refractivity contribution < 1.29 is 13.2 Å². The topological polar surface area (TPSA) is 84.4 Å². The van der Waals surface area contributed by atoms with E-state index in [0.717, 1.165) is 30.0 Å². The third kappa shape index (κ3) is 4.55. The number of anilines is 2. The van der Waals surface area contributed by atoms with Crippen LogP contribution in [0.15, 0.2) is 65.6 Å². The highest BCUT2D eigenvalue weighted by atomic mass is 32.2. The summed E-state index contributed by atoms with van der Waals surface area (Å²) in [6.07, 6.45) is 0. The molecule has 4 rings (SSSR count). The third-order valence-corrected chi connectivity index (χ3v) is 6.07. The lowest BCUT2D eigenvalue weighted by Gasteiger charge is -2.27. The molecule has 2 heterocycles. The molecule has 29 heavy (non-hydrogen) atoms. The molecule has 0 atom stereocenters. The van der Waals surface area contributed by atoms with E-state index in [1.54, 1.807) is 36.4 Å². The zero-order chi connectivity index (χ0) is 20.3. The third-order valence-electron chi connectivity index (χ3n) is 4.70. The fourth-order valence-electron chi connectivity index (χ4n) is 3.18. The first-order valence-corrected chi connectivity index (χ1v) is 10.9. The lowest BCUT2D eigenvalue weighted by molar-refractivity contribution is 0.122. The predicted octanol–water partition coefficient (Wildman–Crippen LogP) is 3.09. The predicted molar refractivity (Wildman–Crippen MR) is 112 cm³/mol. The van der Waals surface area contributed by atoms with Crippen LogP contribution in [0.25, 0.3) is 11.3 Å². The van der Waals surface area contributed by atoms with Gasteiger partial charge in [-0.25, -0.2) is 8.42 Å². The molecule has 3 aromatic rings. The van der Waals surface area contributed by atoms with Crippen molar-refractivity contribution in [1.82, 2.24) is 10.2 Å². The molecule has 0 spiro atoms. The molecule has 0 aliphatic carbocycles. The highest BCUT2D eigenvalue weighted by Gasteiger charge is 2.16. The molecule has 150 valence electrons. The first-order chi connectivity index (χ1) is 14.0. The number of aromatic nitrogens is 2. The molecule has 1 aliphatic rings. The van der Waals surface area contributed by atoms with Crippen LogP contribution in [0.3, 0.4) is 0 Å². The Morgan fingerprint density at radius 2 is 1.76 bits per heavy atom. The Morgan fingerprint density at radius 1 is 0.966 bits per heavy atom. The summed E-state index contributed by atoms with van der Waals surface area (Å²) < 4.78 is 33.3. The fourth-order valence-corrected chi connectivity index (χ4v) is 4.33. The van der Waals surface area contributed by atoms with Gasteiger partial charge in [-0.05, 0) is 48.9 Å². The normalized spacial score (nSPS) is 14.6. The second-order valence-corrected chi connectivity index (χ2v) is 8.56. The number of sulfonamides is 1. The Morgan fingerprint density at radius 3 is 2.48 bits per heavy atom. The van der Waals surface area contributed by atoms with Gasteiger partial charge in [-0.3, -0.25) is 4.72 Å². The van der Waals surface area contributed by atoms with Gasteiger partial charge in [0.15, 0.2) is 5.82 Å². The smallest absolute Gasteiger partial charge is 0.261 e. The van der Waals surface area contributed by atoms with E-state index in [1.165, 1.54) is 0 Å². The number of nitrogens with zero attached hydrogens (tertiary/aromatic N) is 3. The summed E-state index contributed by atoms with van der Waals surface area (Å²) in [6, 6.07) is 17.8. The zero-order valence-electron chi connectivity index (χ0n) is 16.1. The van der Waals surface area contributed by atoms with Crippen molar-refractivity contribution >= 4 is 21.5 Å². The minimum absolute atomic E-state index is 0.234.